The zero-order chi connectivity index (χ0) is 13.2. The Morgan fingerprint density at radius 1 is 1.37 bits per heavy atom. The highest BCUT2D eigenvalue weighted by Crippen LogP contribution is 2.16. The van der Waals surface area contributed by atoms with E-state index in [0.29, 0.717) is 23.1 Å². The minimum absolute atomic E-state index is 0.491. The fourth-order valence-corrected chi connectivity index (χ4v) is 2.42. The fraction of sp³-hybridized carbons (Fsp3) is 0.250. The molecule has 0 saturated carbocycles. The zero-order valence-electron chi connectivity index (χ0n) is 10.4. The van der Waals surface area contributed by atoms with Crippen molar-refractivity contribution in [2.24, 2.45) is 0 Å². The van der Waals surface area contributed by atoms with Gasteiger partial charge in [0, 0.05) is 6.42 Å². The maximum Gasteiger partial charge on any atom is 0.236 e. The summed E-state index contributed by atoms with van der Waals surface area (Å²) in [7, 11) is 0. The molecule has 0 bridgehead atoms. The Bertz CT molecular complexity index is 705. The molecule has 3 rings (SSSR count). The molecule has 98 valence electrons. The molecule has 2 N–H and O–H groups in total. The summed E-state index contributed by atoms with van der Waals surface area (Å²) in [6, 6.07) is 7.95. The summed E-state index contributed by atoms with van der Waals surface area (Å²) in [6.45, 7) is 2.56. The minimum Gasteiger partial charge on any atom is -0.493 e. The number of rotatable bonds is 4. The molecule has 19 heavy (non-hydrogen) atoms. The number of hydrogen-bond donors (Lipinski definition) is 1. The Kier molecular flexibility index (Phi) is 3.04. The lowest BCUT2D eigenvalue weighted by atomic mass is 10.2. The van der Waals surface area contributed by atoms with Crippen LogP contribution in [-0.2, 0) is 6.42 Å². The van der Waals surface area contributed by atoms with Gasteiger partial charge in [0.05, 0.1) is 6.61 Å². The molecule has 0 atom stereocenters. The molecule has 0 aliphatic heterocycles. The van der Waals surface area contributed by atoms with Gasteiger partial charge in [0.15, 0.2) is 5.82 Å². The van der Waals surface area contributed by atoms with E-state index in [0.717, 1.165) is 11.6 Å². The molecule has 0 fully saturated rings. The number of ether oxygens (including phenoxy) is 1. The lowest BCUT2D eigenvalue weighted by Gasteiger charge is -2.05. The van der Waals surface area contributed by atoms with E-state index >= 15 is 0 Å². The van der Waals surface area contributed by atoms with Gasteiger partial charge < -0.3 is 10.5 Å². The number of aryl methyl sites for hydroxylation is 1. The van der Waals surface area contributed by atoms with Crippen LogP contribution in [0.1, 0.15) is 11.4 Å². The van der Waals surface area contributed by atoms with Crippen LogP contribution in [0.15, 0.2) is 24.3 Å². The Balaban J connectivity index is 1.66. The molecule has 0 radical (unpaired) electrons. The molecule has 0 unspecified atom stereocenters. The molecule has 1 aromatic carbocycles. The van der Waals surface area contributed by atoms with Crippen molar-refractivity contribution in [1.82, 2.24) is 19.8 Å². The highest BCUT2D eigenvalue weighted by molar-refractivity contribution is 7.20. The fourth-order valence-electron chi connectivity index (χ4n) is 1.79. The van der Waals surface area contributed by atoms with E-state index in [4.69, 9.17) is 10.5 Å². The smallest absolute Gasteiger partial charge is 0.236 e. The Hall–Kier alpha value is -2.15. The van der Waals surface area contributed by atoms with Crippen molar-refractivity contribution in [2.75, 3.05) is 12.3 Å². The second-order valence-corrected chi connectivity index (χ2v) is 5.15. The molecule has 2 aromatic heterocycles. The average Bonchev–Trinajstić information content (AvgIpc) is 2.90. The largest absolute Gasteiger partial charge is 0.493 e. The van der Waals surface area contributed by atoms with Crippen molar-refractivity contribution in [1.29, 1.82) is 0 Å². The van der Waals surface area contributed by atoms with Crippen LogP contribution in [0.5, 0.6) is 5.75 Å². The highest BCUT2D eigenvalue weighted by atomic mass is 32.1. The summed E-state index contributed by atoms with van der Waals surface area (Å²) in [5.41, 5.74) is 6.80. The number of nitrogen functional groups attached to an aromatic ring is 1. The number of nitrogens with two attached hydrogens (primary N) is 1. The van der Waals surface area contributed by atoms with Gasteiger partial charge in [0.1, 0.15) is 5.75 Å². The third-order valence-corrected chi connectivity index (χ3v) is 3.38. The first-order chi connectivity index (χ1) is 9.22. The van der Waals surface area contributed by atoms with Crippen molar-refractivity contribution >= 4 is 21.4 Å². The van der Waals surface area contributed by atoms with Crippen molar-refractivity contribution in [3.05, 3.63) is 35.7 Å². The third kappa shape index (κ3) is 2.50. The topological polar surface area (TPSA) is 78.3 Å². The van der Waals surface area contributed by atoms with Gasteiger partial charge in [0.25, 0.3) is 0 Å². The van der Waals surface area contributed by atoms with Gasteiger partial charge in [0.2, 0.25) is 10.1 Å². The molecule has 0 saturated heterocycles. The Morgan fingerprint density at radius 2 is 2.26 bits per heavy atom. The van der Waals surface area contributed by atoms with Gasteiger partial charge in [-0.3, -0.25) is 0 Å². The van der Waals surface area contributed by atoms with Crippen LogP contribution in [0.4, 0.5) is 5.13 Å². The first-order valence-electron chi connectivity index (χ1n) is 5.88. The lowest BCUT2D eigenvalue weighted by Crippen LogP contribution is -2.05. The summed E-state index contributed by atoms with van der Waals surface area (Å²) >= 11 is 1.32. The second kappa shape index (κ2) is 4.85. The van der Waals surface area contributed by atoms with Gasteiger partial charge >= 0.3 is 0 Å². The van der Waals surface area contributed by atoms with Crippen LogP contribution >= 0.6 is 11.3 Å². The van der Waals surface area contributed by atoms with E-state index in [1.54, 1.807) is 4.52 Å². The van der Waals surface area contributed by atoms with Gasteiger partial charge in [-0.05, 0) is 24.6 Å². The van der Waals surface area contributed by atoms with Gasteiger partial charge in [-0.1, -0.05) is 23.5 Å². The van der Waals surface area contributed by atoms with Crippen LogP contribution in [-0.4, -0.2) is 26.4 Å². The molecule has 0 aliphatic rings. The van der Waals surface area contributed by atoms with Crippen molar-refractivity contribution in [3.63, 3.8) is 0 Å². The van der Waals surface area contributed by atoms with Crippen LogP contribution in [0, 0.1) is 6.92 Å². The van der Waals surface area contributed by atoms with E-state index in [1.807, 2.05) is 31.2 Å². The van der Waals surface area contributed by atoms with Crippen LogP contribution in [0.25, 0.3) is 4.96 Å². The predicted molar refractivity (Wildman–Crippen MR) is 73.4 cm³/mol. The van der Waals surface area contributed by atoms with Gasteiger partial charge in [-0.2, -0.15) is 4.52 Å². The highest BCUT2D eigenvalue weighted by Gasteiger charge is 2.09. The molecule has 0 amide bonds. The number of fused-ring (bicyclic) bond motifs is 1. The van der Waals surface area contributed by atoms with E-state index < -0.39 is 0 Å². The number of nitrogens with zero attached hydrogens (tertiary/aromatic N) is 4. The second-order valence-electron chi connectivity index (χ2n) is 4.17. The number of anilines is 1. The van der Waals surface area contributed by atoms with Gasteiger partial charge in [-0.25, -0.2) is 0 Å². The van der Waals surface area contributed by atoms with Crippen molar-refractivity contribution < 1.29 is 4.74 Å². The van der Waals surface area contributed by atoms with Crippen molar-refractivity contribution in [3.8, 4) is 5.75 Å². The summed E-state index contributed by atoms with van der Waals surface area (Å²) in [5, 5.41) is 12.7. The minimum atomic E-state index is 0.491. The molecule has 6 nitrogen and oxygen atoms in total. The van der Waals surface area contributed by atoms with E-state index in [1.165, 1.54) is 16.9 Å². The first-order valence-corrected chi connectivity index (χ1v) is 6.70. The molecular weight excluding hydrogens is 262 g/mol. The first kappa shape index (κ1) is 11.9. The number of hydrogen-bond acceptors (Lipinski definition) is 6. The summed E-state index contributed by atoms with van der Waals surface area (Å²) in [6.07, 6.45) is 0.637. The molecule has 0 aliphatic carbocycles. The molecule has 7 heteroatoms. The molecule has 0 spiro atoms. The van der Waals surface area contributed by atoms with E-state index in [-0.39, 0.29) is 0 Å². The summed E-state index contributed by atoms with van der Waals surface area (Å²) < 4.78 is 7.35. The predicted octanol–water partition coefficient (Wildman–Crippen LogP) is 1.70. The number of aromatic nitrogens is 4. The Morgan fingerprint density at radius 3 is 3.11 bits per heavy atom. The van der Waals surface area contributed by atoms with Crippen LogP contribution < -0.4 is 10.5 Å². The lowest BCUT2D eigenvalue weighted by molar-refractivity contribution is 0.317. The van der Waals surface area contributed by atoms with E-state index in [2.05, 4.69) is 15.3 Å². The summed E-state index contributed by atoms with van der Waals surface area (Å²) in [4.78, 5) is 0.711. The van der Waals surface area contributed by atoms with Crippen molar-refractivity contribution in [2.45, 2.75) is 13.3 Å². The normalized spacial score (nSPS) is 11.0. The third-order valence-electron chi connectivity index (χ3n) is 2.66. The molecular formula is C12H13N5OS. The number of benzene rings is 1. The van der Waals surface area contributed by atoms with Gasteiger partial charge in [-0.15, -0.1) is 15.3 Å². The summed E-state index contributed by atoms with van der Waals surface area (Å²) in [5.74, 6) is 1.62. The monoisotopic (exact) mass is 275 g/mol. The molecule has 3 aromatic rings. The molecule has 2 heterocycles. The standard InChI is InChI=1S/C12H13N5OS/c1-8-3-2-4-9(7-8)18-6-5-10-14-15-12-17(10)16-11(13)19-12/h2-4,7H,5-6H2,1H3,(H2,13,16). The SMILES string of the molecule is Cc1cccc(OCCc2nnc3sc(N)nn23)c1. The van der Waals surface area contributed by atoms with E-state index in [9.17, 15) is 0 Å². The Labute approximate surface area is 113 Å². The average molecular weight is 275 g/mol. The van der Waals surface area contributed by atoms with Crippen LogP contribution in [0.3, 0.4) is 0 Å². The maximum atomic E-state index is 5.68. The zero-order valence-corrected chi connectivity index (χ0v) is 11.2. The maximum absolute atomic E-state index is 5.68. The quantitative estimate of drug-likeness (QED) is 0.784. The van der Waals surface area contributed by atoms with Crippen LogP contribution in [0.2, 0.25) is 0 Å².